The Balaban J connectivity index is 1.49. The molecule has 0 amide bonds. The Morgan fingerprint density at radius 1 is 0.968 bits per heavy atom. The maximum absolute atomic E-state index is 5.80. The molecule has 1 aromatic carbocycles. The van der Waals surface area contributed by atoms with Gasteiger partial charge in [0, 0.05) is 22.6 Å². The van der Waals surface area contributed by atoms with Crippen molar-refractivity contribution in [2.24, 2.45) is 4.99 Å². The zero-order chi connectivity index (χ0) is 21.8. The van der Waals surface area contributed by atoms with Crippen LogP contribution in [0.25, 0.3) is 5.00 Å². The molecular weight excluding hydrogens is 412 g/mol. The van der Waals surface area contributed by atoms with Crippen molar-refractivity contribution in [3.05, 3.63) is 57.5 Å². The molecule has 164 valence electrons. The van der Waals surface area contributed by atoms with Gasteiger partial charge in [0.15, 0.2) is 5.82 Å². The second kappa shape index (κ2) is 9.72. The minimum Gasteiger partial charge on any atom is -0.491 e. The van der Waals surface area contributed by atoms with E-state index in [1.807, 2.05) is 26.0 Å². The zero-order valence-electron chi connectivity index (χ0n) is 18.5. The molecule has 0 atom stereocenters. The molecule has 1 aliphatic rings. The van der Waals surface area contributed by atoms with E-state index in [2.05, 4.69) is 40.7 Å². The zero-order valence-corrected chi connectivity index (χ0v) is 19.3. The Morgan fingerprint density at radius 2 is 1.71 bits per heavy atom. The maximum atomic E-state index is 5.80. The van der Waals surface area contributed by atoms with Gasteiger partial charge in [0.2, 0.25) is 0 Å². The van der Waals surface area contributed by atoms with Gasteiger partial charge < -0.3 is 14.2 Å². The van der Waals surface area contributed by atoms with Crippen LogP contribution in [0.4, 0.5) is 0 Å². The number of aryl methyl sites for hydroxylation is 2. The van der Waals surface area contributed by atoms with Gasteiger partial charge in [0.05, 0.1) is 25.5 Å². The molecule has 0 saturated heterocycles. The molecule has 4 rings (SSSR count). The summed E-state index contributed by atoms with van der Waals surface area (Å²) in [5.41, 5.74) is 4.48. The Bertz CT molecular complexity index is 1070. The van der Waals surface area contributed by atoms with E-state index in [0.29, 0.717) is 39.6 Å². The van der Waals surface area contributed by atoms with Crippen LogP contribution in [-0.4, -0.2) is 53.5 Å². The van der Waals surface area contributed by atoms with E-state index in [9.17, 15) is 0 Å². The molecule has 0 unspecified atom stereocenters. The van der Waals surface area contributed by atoms with Crippen LogP contribution in [-0.2, 0) is 16.0 Å². The number of aromatic nitrogens is 3. The Kier molecular flexibility index (Phi) is 6.80. The second-order valence-electron chi connectivity index (χ2n) is 7.31. The normalized spacial score (nSPS) is 12.8. The fourth-order valence-corrected chi connectivity index (χ4v) is 4.80. The topological polar surface area (TPSA) is 70.8 Å². The number of benzene rings is 1. The van der Waals surface area contributed by atoms with E-state index < -0.39 is 0 Å². The van der Waals surface area contributed by atoms with Crippen LogP contribution in [0.2, 0.25) is 0 Å². The third-order valence-electron chi connectivity index (χ3n) is 5.28. The van der Waals surface area contributed by atoms with Gasteiger partial charge in [0.1, 0.15) is 29.7 Å². The first-order valence-electron chi connectivity index (χ1n) is 10.5. The molecule has 0 bridgehead atoms. The Hall–Kier alpha value is -2.55. The quantitative estimate of drug-likeness (QED) is 0.470. The average molecular weight is 441 g/mol. The molecule has 3 aromatic rings. The van der Waals surface area contributed by atoms with Crippen LogP contribution in [0.5, 0.6) is 5.75 Å². The van der Waals surface area contributed by atoms with E-state index in [1.165, 1.54) is 16.0 Å². The van der Waals surface area contributed by atoms with Crippen molar-refractivity contribution in [1.29, 1.82) is 0 Å². The molecule has 1 aliphatic heterocycles. The van der Waals surface area contributed by atoms with Crippen LogP contribution in [0.3, 0.4) is 0 Å². The minimum absolute atomic E-state index is 0.507. The molecule has 8 heteroatoms. The first-order valence-corrected chi connectivity index (χ1v) is 11.4. The van der Waals surface area contributed by atoms with E-state index in [0.717, 1.165) is 33.7 Å². The number of hydrogen-bond acceptors (Lipinski definition) is 7. The van der Waals surface area contributed by atoms with Crippen LogP contribution in [0.1, 0.15) is 40.1 Å². The summed E-state index contributed by atoms with van der Waals surface area (Å²) in [6, 6.07) is 8.12. The maximum Gasteiger partial charge on any atom is 0.160 e. The summed E-state index contributed by atoms with van der Waals surface area (Å²) in [6.45, 7) is 11.7. The van der Waals surface area contributed by atoms with Crippen molar-refractivity contribution in [2.75, 3.05) is 33.0 Å². The molecule has 0 fully saturated rings. The van der Waals surface area contributed by atoms with Crippen LogP contribution in [0.15, 0.2) is 29.3 Å². The second-order valence-corrected chi connectivity index (χ2v) is 8.51. The number of fused-ring (bicyclic) bond motifs is 3. The van der Waals surface area contributed by atoms with Gasteiger partial charge in [-0.2, -0.15) is 0 Å². The van der Waals surface area contributed by atoms with Crippen molar-refractivity contribution < 1.29 is 14.2 Å². The highest BCUT2D eigenvalue weighted by molar-refractivity contribution is 7.15. The number of nitrogens with zero attached hydrogens (tertiary/aromatic N) is 4. The summed E-state index contributed by atoms with van der Waals surface area (Å²) < 4.78 is 18.7. The van der Waals surface area contributed by atoms with Gasteiger partial charge in [0.25, 0.3) is 0 Å². The number of rotatable bonds is 9. The third-order valence-corrected chi connectivity index (χ3v) is 6.47. The molecule has 0 N–H and O–H groups in total. The van der Waals surface area contributed by atoms with Crippen molar-refractivity contribution in [2.45, 2.75) is 34.2 Å². The summed E-state index contributed by atoms with van der Waals surface area (Å²) >= 11 is 1.77. The van der Waals surface area contributed by atoms with Crippen molar-refractivity contribution in [3.63, 3.8) is 0 Å². The van der Waals surface area contributed by atoms with Gasteiger partial charge in [-0.1, -0.05) is 0 Å². The van der Waals surface area contributed by atoms with Gasteiger partial charge >= 0.3 is 0 Å². The van der Waals surface area contributed by atoms with Crippen LogP contribution < -0.4 is 4.74 Å². The lowest BCUT2D eigenvalue weighted by Crippen LogP contribution is -2.11. The largest absolute Gasteiger partial charge is 0.491 e. The highest BCUT2D eigenvalue weighted by Crippen LogP contribution is 2.36. The molecule has 7 nitrogen and oxygen atoms in total. The minimum atomic E-state index is 0.507. The standard InChI is InChI=1S/C23H28N4O3S/c1-5-28-10-11-29-12-13-30-19-8-6-18(7-9-19)22-21-15(2)16(3)31-23(21)27-17(4)25-26-20(27)14-24-22/h6-9H,5,10-14H2,1-4H3. The summed E-state index contributed by atoms with van der Waals surface area (Å²) in [5, 5.41) is 9.74. The van der Waals surface area contributed by atoms with Gasteiger partial charge in [-0.15, -0.1) is 21.5 Å². The molecule has 3 heterocycles. The smallest absolute Gasteiger partial charge is 0.160 e. The molecule has 31 heavy (non-hydrogen) atoms. The molecule has 2 aromatic heterocycles. The first-order chi connectivity index (χ1) is 15.1. The van der Waals surface area contributed by atoms with Crippen molar-refractivity contribution in [1.82, 2.24) is 14.8 Å². The van der Waals surface area contributed by atoms with Crippen LogP contribution in [0, 0.1) is 20.8 Å². The Labute approximate surface area is 186 Å². The molecule has 0 radical (unpaired) electrons. The molecule has 0 saturated carbocycles. The lowest BCUT2D eigenvalue weighted by atomic mass is 10.00. The SMILES string of the molecule is CCOCCOCCOc1ccc(C2=NCc3nnc(C)n3-c3sc(C)c(C)c32)cc1. The number of thiophene rings is 1. The van der Waals surface area contributed by atoms with Crippen LogP contribution >= 0.6 is 11.3 Å². The first kappa shape index (κ1) is 21.7. The van der Waals surface area contributed by atoms with E-state index in [1.54, 1.807) is 11.3 Å². The monoisotopic (exact) mass is 440 g/mol. The lowest BCUT2D eigenvalue weighted by molar-refractivity contribution is 0.0405. The Morgan fingerprint density at radius 3 is 2.48 bits per heavy atom. The van der Waals surface area contributed by atoms with E-state index in [4.69, 9.17) is 19.2 Å². The predicted molar refractivity (Wildman–Crippen MR) is 122 cm³/mol. The van der Waals surface area contributed by atoms with Gasteiger partial charge in [-0.3, -0.25) is 9.56 Å². The fraction of sp³-hybridized carbons (Fsp3) is 0.435. The number of ether oxygens (including phenoxy) is 3. The highest BCUT2D eigenvalue weighted by Gasteiger charge is 2.26. The number of aliphatic imine (C=N–C) groups is 1. The summed E-state index contributed by atoms with van der Waals surface area (Å²) in [5.74, 6) is 2.58. The number of hydrogen-bond donors (Lipinski definition) is 0. The van der Waals surface area contributed by atoms with Gasteiger partial charge in [-0.25, -0.2) is 0 Å². The molecular formula is C23H28N4O3S. The average Bonchev–Trinajstić information content (AvgIpc) is 3.22. The molecule has 0 aliphatic carbocycles. The fourth-order valence-electron chi connectivity index (χ4n) is 3.57. The van der Waals surface area contributed by atoms with Crippen molar-refractivity contribution >= 4 is 17.0 Å². The van der Waals surface area contributed by atoms with E-state index >= 15 is 0 Å². The van der Waals surface area contributed by atoms with Gasteiger partial charge in [-0.05, 0) is 57.5 Å². The van der Waals surface area contributed by atoms with Crippen molar-refractivity contribution in [3.8, 4) is 10.8 Å². The summed E-state index contributed by atoms with van der Waals surface area (Å²) in [6.07, 6.45) is 0. The summed E-state index contributed by atoms with van der Waals surface area (Å²) in [7, 11) is 0. The predicted octanol–water partition coefficient (Wildman–Crippen LogP) is 4.04. The lowest BCUT2D eigenvalue weighted by Gasteiger charge is -2.11. The molecule has 0 spiro atoms. The highest BCUT2D eigenvalue weighted by atomic mass is 32.1. The summed E-state index contributed by atoms with van der Waals surface area (Å²) in [4.78, 5) is 6.21. The van der Waals surface area contributed by atoms with E-state index in [-0.39, 0.29) is 0 Å². The third kappa shape index (κ3) is 4.56.